The van der Waals surface area contributed by atoms with E-state index in [4.69, 9.17) is 15.2 Å². The van der Waals surface area contributed by atoms with Crippen molar-refractivity contribution in [3.8, 4) is 11.5 Å². The summed E-state index contributed by atoms with van der Waals surface area (Å²) in [6.45, 7) is 3.60. The molecule has 23 heavy (non-hydrogen) atoms. The number of carbonyl (C=O) groups excluding carboxylic acids is 1. The first kappa shape index (κ1) is 19.6. The van der Waals surface area contributed by atoms with Gasteiger partial charge in [0.1, 0.15) is 0 Å². The normalized spacial score (nSPS) is 19.8. The molecule has 1 aliphatic carbocycles. The highest BCUT2D eigenvalue weighted by Gasteiger charge is 2.31. The first-order valence-electron chi connectivity index (χ1n) is 7.97. The van der Waals surface area contributed by atoms with Crippen molar-refractivity contribution in [2.24, 2.45) is 17.6 Å². The van der Waals surface area contributed by atoms with E-state index < -0.39 is 0 Å². The third-order valence-electron chi connectivity index (χ3n) is 4.29. The van der Waals surface area contributed by atoms with Gasteiger partial charge in [0.15, 0.2) is 11.5 Å². The Morgan fingerprint density at radius 2 is 2.13 bits per heavy atom. The average Bonchev–Trinajstić information content (AvgIpc) is 3.02. The molecule has 5 nitrogen and oxygen atoms in total. The van der Waals surface area contributed by atoms with E-state index in [1.165, 1.54) is 0 Å². The number of methoxy groups -OCH3 is 1. The van der Waals surface area contributed by atoms with E-state index in [-0.39, 0.29) is 24.2 Å². The lowest BCUT2D eigenvalue weighted by Crippen LogP contribution is -2.34. The van der Waals surface area contributed by atoms with Crippen LogP contribution in [0.1, 0.15) is 31.7 Å². The minimum absolute atomic E-state index is 0. The van der Waals surface area contributed by atoms with Crippen molar-refractivity contribution in [3.63, 3.8) is 0 Å². The summed E-state index contributed by atoms with van der Waals surface area (Å²) in [5, 5.41) is 3.02. The van der Waals surface area contributed by atoms with Crippen molar-refractivity contribution in [2.45, 2.75) is 32.7 Å². The molecule has 0 saturated heterocycles. The van der Waals surface area contributed by atoms with Crippen molar-refractivity contribution in [1.29, 1.82) is 0 Å². The van der Waals surface area contributed by atoms with Crippen LogP contribution in [0.3, 0.4) is 0 Å². The molecule has 1 aliphatic rings. The summed E-state index contributed by atoms with van der Waals surface area (Å²) in [7, 11) is 1.62. The standard InChI is InChI=1S/C17H26N2O3.ClH/c1-3-22-16-9-12(7-8-15(16)21-2)11-19-17(20)14-6-4-5-13(14)10-18;/h7-9,13-14H,3-6,10-11,18H2,1-2H3,(H,19,20);1H/t13-,14-;/m1./s1. The van der Waals surface area contributed by atoms with Gasteiger partial charge in [-0.1, -0.05) is 12.5 Å². The highest BCUT2D eigenvalue weighted by atomic mass is 35.5. The van der Waals surface area contributed by atoms with Crippen LogP contribution >= 0.6 is 12.4 Å². The molecule has 1 fully saturated rings. The van der Waals surface area contributed by atoms with E-state index in [9.17, 15) is 4.79 Å². The van der Waals surface area contributed by atoms with Gasteiger partial charge in [-0.3, -0.25) is 4.79 Å². The maximum absolute atomic E-state index is 12.3. The fourth-order valence-corrected chi connectivity index (χ4v) is 3.08. The molecule has 6 heteroatoms. The number of rotatable bonds is 7. The maximum Gasteiger partial charge on any atom is 0.223 e. The molecule has 0 aromatic heterocycles. The summed E-state index contributed by atoms with van der Waals surface area (Å²) in [4.78, 5) is 12.3. The van der Waals surface area contributed by atoms with E-state index in [0.717, 1.165) is 24.8 Å². The Labute approximate surface area is 144 Å². The van der Waals surface area contributed by atoms with Gasteiger partial charge in [-0.05, 0) is 49.9 Å². The van der Waals surface area contributed by atoms with E-state index in [2.05, 4.69) is 5.32 Å². The van der Waals surface area contributed by atoms with Gasteiger partial charge < -0.3 is 20.5 Å². The van der Waals surface area contributed by atoms with Crippen molar-refractivity contribution in [1.82, 2.24) is 5.32 Å². The fourth-order valence-electron chi connectivity index (χ4n) is 3.08. The summed E-state index contributed by atoms with van der Waals surface area (Å²) >= 11 is 0. The molecule has 0 spiro atoms. The third-order valence-corrected chi connectivity index (χ3v) is 4.29. The van der Waals surface area contributed by atoms with Crippen LogP contribution in [-0.4, -0.2) is 26.2 Å². The molecule has 0 heterocycles. The number of ether oxygens (including phenoxy) is 2. The van der Waals surface area contributed by atoms with Crippen molar-refractivity contribution < 1.29 is 14.3 Å². The van der Waals surface area contributed by atoms with Crippen LogP contribution in [0.15, 0.2) is 18.2 Å². The first-order chi connectivity index (χ1) is 10.7. The third kappa shape index (κ3) is 5.01. The minimum atomic E-state index is 0. The predicted octanol–water partition coefficient (Wildman–Crippen LogP) is 2.51. The molecule has 0 aliphatic heterocycles. The molecule has 1 aromatic carbocycles. The molecule has 3 N–H and O–H groups in total. The Morgan fingerprint density at radius 3 is 2.78 bits per heavy atom. The second-order valence-electron chi connectivity index (χ2n) is 5.67. The van der Waals surface area contributed by atoms with Crippen LogP contribution in [0.2, 0.25) is 0 Å². The van der Waals surface area contributed by atoms with Gasteiger partial charge in [0, 0.05) is 12.5 Å². The molecule has 2 atom stereocenters. The molecule has 1 saturated carbocycles. The molecule has 0 unspecified atom stereocenters. The summed E-state index contributed by atoms with van der Waals surface area (Å²) in [5.41, 5.74) is 6.74. The number of benzene rings is 1. The van der Waals surface area contributed by atoms with Crippen molar-refractivity contribution >= 4 is 18.3 Å². The fraction of sp³-hybridized carbons (Fsp3) is 0.588. The van der Waals surface area contributed by atoms with Crippen LogP contribution < -0.4 is 20.5 Å². The lowest BCUT2D eigenvalue weighted by atomic mass is 9.95. The van der Waals surface area contributed by atoms with E-state index in [1.54, 1.807) is 7.11 Å². The van der Waals surface area contributed by atoms with Gasteiger partial charge in [0.2, 0.25) is 5.91 Å². The number of hydrogen-bond donors (Lipinski definition) is 2. The zero-order chi connectivity index (χ0) is 15.9. The lowest BCUT2D eigenvalue weighted by molar-refractivity contribution is -0.126. The van der Waals surface area contributed by atoms with Crippen LogP contribution in [-0.2, 0) is 11.3 Å². The van der Waals surface area contributed by atoms with Crippen molar-refractivity contribution in [3.05, 3.63) is 23.8 Å². The van der Waals surface area contributed by atoms with E-state index >= 15 is 0 Å². The summed E-state index contributed by atoms with van der Waals surface area (Å²) in [5.74, 6) is 1.92. The van der Waals surface area contributed by atoms with Crippen LogP contribution in [0.25, 0.3) is 0 Å². The summed E-state index contributed by atoms with van der Waals surface area (Å²) in [6.07, 6.45) is 3.10. The van der Waals surface area contributed by atoms with Gasteiger partial charge in [-0.25, -0.2) is 0 Å². The Balaban J connectivity index is 0.00000264. The second kappa shape index (κ2) is 9.63. The number of halogens is 1. The Hall–Kier alpha value is -1.46. The van der Waals surface area contributed by atoms with Gasteiger partial charge in [-0.2, -0.15) is 0 Å². The lowest BCUT2D eigenvalue weighted by Gasteiger charge is -2.17. The largest absolute Gasteiger partial charge is 0.493 e. The number of carbonyl (C=O) groups is 1. The monoisotopic (exact) mass is 342 g/mol. The zero-order valence-corrected chi connectivity index (χ0v) is 14.7. The van der Waals surface area contributed by atoms with Gasteiger partial charge >= 0.3 is 0 Å². The van der Waals surface area contributed by atoms with Crippen LogP contribution in [0.5, 0.6) is 11.5 Å². The minimum Gasteiger partial charge on any atom is -0.493 e. The molecule has 1 amide bonds. The highest BCUT2D eigenvalue weighted by Crippen LogP contribution is 2.31. The van der Waals surface area contributed by atoms with Crippen LogP contribution in [0.4, 0.5) is 0 Å². The zero-order valence-electron chi connectivity index (χ0n) is 13.8. The maximum atomic E-state index is 12.3. The van der Waals surface area contributed by atoms with Crippen molar-refractivity contribution in [2.75, 3.05) is 20.3 Å². The summed E-state index contributed by atoms with van der Waals surface area (Å²) in [6, 6.07) is 5.72. The molecule has 2 rings (SSSR count). The molecular weight excluding hydrogens is 316 g/mol. The molecule has 130 valence electrons. The Bertz CT molecular complexity index is 511. The number of nitrogens with one attached hydrogen (secondary N) is 1. The second-order valence-corrected chi connectivity index (χ2v) is 5.67. The molecule has 0 radical (unpaired) electrons. The first-order valence-corrected chi connectivity index (χ1v) is 7.97. The number of hydrogen-bond acceptors (Lipinski definition) is 4. The van der Waals surface area contributed by atoms with Crippen LogP contribution in [0, 0.1) is 11.8 Å². The molecular formula is C17H27ClN2O3. The topological polar surface area (TPSA) is 73.6 Å². The van der Waals surface area contributed by atoms with E-state index in [1.807, 2.05) is 25.1 Å². The Morgan fingerprint density at radius 1 is 1.35 bits per heavy atom. The molecule has 0 bridgehead atoms. The highest BCUT2D eigenvalue weighted by molar-refractivity contribution is 5.85. The summed E-state index contributed by atoms with van der Waals surface area (Å²) < 4.78 is 10.8. The van der Waals surface area contributed by atoms with Gasteiger partial charge in [0.25, 0.3) is 0 Å². The molecule has 1 aromatic rings. The smallest absolute Gasteiger partial charge is 0.223 e. The quantitative estimate of drug-likeness (QED) is 0.798. The SMILES string of the molecule is CCOc1cc(CNC(=O)[C@@H]2CCC[C@@H]2CN)ccc1OC.Cl. The van der Waals surface area contributed by atoms with E-state index in [0.29, 0.717) is 37.1 Å². The number of nitrogens with two attached hydrogens (primary N) is 1. The Kier molecular flexibility index (Phi) is 8.20. The van der Waals surface area contributed by atoms with Gasteiger partial charge in [-0.15, -0.1) is 12.4 Å². The average molecular weight is 343 g/mol. The predicted molar refractivity (Wildman–Crippen MR) is 93.1 cm³/mol. The van der Waals surface area contributed by atoms with Gasteiger partial charge in [0.05, 0.1) is 13.7 Å². The number of amides is 1.